The Morgan fingerprint density at radius 3 is 2.80 bits per heavy atom. The van der Waals surface area contributed by atoms with Gasteiger partial charge in [0, 0.05) is 23.6 Å². The van der Waals surface area contributed by atoms with Gasteiger partial charge in [0.05, 0.1) is 5.69 Å². The predicted octanol–water partition coefficient (Wildman–Crippen LogP) is 3.09. The minimum absolute atomic E-state index is 0.0100. The van der Waals surface area contributed by atoms with Crippen molar-refractivity contribution in [3.63, 3.8) is 0 Å². The Labute approximate surface area is 96.6 Å². The Hall–Kier alpha value is -1.06. The van der Waals surface area contributed by atoms with Crippen LogP contribution < -0.4 is 4.90 Å². The number of hydrogen-bond donors (Lipinski definition) is 0. The molecule has 1 aromatic rings. The normalized spacial score (nSPS) is 15.1. The first-order valence-corrected chi connectivity index (χ1v) is 5.15. The first-order chi connectivity index (χ1) is 7.09. The second kappa shape index (κ2) is 3.83. The zero-order chi connectivity index (χ0) is 11.0. The van der Waals surface area contributed by atoms with E-state index in [9.17, 15) is 9.59 Å². The highest BCUT2D eigenvalue weighted by Crippen LogP contribution is 2.30. The fraction of sp³-hybridized carbons (Fsp3) is 0.200. The van der Waals surface area contributed by atoms with Crippen molar-refractivity contribution in [3.8, 4) is 0 Å². The second-order valence-electron chi connectivity index (χ2n) is 3.24. The molecule has 1 amide bonds. The van der Waals surface area contributed by atoms with E-state index >= 15 is 0 Å². The molecule has 0 saturated heterocycles. The lowest BCUT2D eigenvalue weighted by Crippen LogP contribution is -2.33. The number of rotatable bonds is 0. The van der Waals surface area contributed by atoms with Crippen LogP contribution >= 0.6 is 23.2 Å². The van der Waals surface area contributed by atoms with Crippen molar-refractivity contribution in [2.24, 2.45) is 0 Å². The largest absolute Gasteiger partial charge is 0.320 e. The molecule has 2 rings (SSSR count). The monoisotopic (exact) mass is 243 g/mol. The molecule has 0 saturated carbocycles. The van der Waals surface area contributed by atoms with Crippen molar-refractivity contribution in [2.45, 2.75) is 6.42 Å². The number of anilines is 1. The van der Waals surface area contributed by atoms with Gasteiger partial charge < -0.3 is 0 Å². The van der Waals surface area contributed by atoms with E-state index in [1.807, 2.05) is 0 Å². The molecule has 0 bridgehead atoms. The van der Waals surface area contributed by atoms with Gasteiger partial charge >= 0.3 is 5.37 Å². The highest BCUT2D eigenvalue weighted by molar-refractivity contribution is 6.66. The Morgan fingerprint density at radius 2 is 2.13 bits per heavy atom. The van der Waals surface area contributed by atoms with Crippen LogP contribution in [-0.2, 0) is 0 Å². The second-order valence-corrected chi connectivity index (χ2v) is 4.00. The van der Waals surface area contributed by atoms with Crippen LogP contribution in [0.1, 0.15) is 16.8 Å². The van der Waals surface area contributed by atoms with E-state index in [0.717, 1.165) is 0 Å². The molecule has 0 aliphatic carbocycles. The molecule has 0 N–H and O–H groups in total. The van der Waals surface area contributed by atoms with Gasteiger partial charge in [-0.05, 0) is 29.8 Å². The summed E-state index contributed by atoms with van der Waals surface area (Å²) in [5.41, 5.74) is 0.999. The number of carbonyl (C=O) groups excluding carboxylic acids is 2. The summed E-state index contributed by atoms with van der Waals surface area (Å²) < 4.78 is 0. The average Bonchev–Trinajstić information content (AvgIpc) is 2.17. The highest BCUT2D eigenvalue weighted by atomic mass is 35.5. The lowest BCUT2D eigenvalue weighted by atomic mass is 10.0. The Bertz CT molecular complexity index is 445. The summed E-state index contributed by atoms with van der Waals surface area (Å²) in [5, 5.41) is -0.114. The van der Waals surface area contributed by atoms with Crippen molar-refractivity contribution >= 4 is 40.0 Å². The van der Waals surface area contributed by atoms with Crippen molar-refractivity contribution in [1.29, 1.82) is 0 Å². The number of ketones is 1. The van der Waals surface area contributed by atoms with Crippen LogP contribution in [0.2, 0.25) is 5.02 Å². The number of benzene rings is 1. The Balaban J connectivity index is 2.56. The SMILES string of the molecule is O=C1CCN(C(=O)Cl)c2cc(Cl)ccc21. The molecule has 1 aromatic carbocycles. The fourth-order valence-electron chi connectivity index (χ4n) is 1.61. The summed E-state index contributed by atoms with van der Waals surface area (Å²) in [4.78, 5) is 24.0. The van der Waals surface area contributed by atoms with E-state index in [4.69, 9.17) is 23.2 Å². The van der Waals surface area contributed by atoms with Crippen LogP contribution in [0.3, 0.4) is 0 Å². The Kier molecular flexibility index (Phi) is 2.67. The summed E-state index contributed by atoms with van der Waals surface area (Å²) in [5.74, 6) is 0.0100. The molecule has 0 aromatic heterocycles. The van der Waals surface area contributed by atoms with Crippen molar-refractivity contribution < 1.29 is 9.59 Å². The number of carbonyl (C=O) groups is 2. The predicted molar refractivity (Wildman–Crippen MR) is 59.0 cm³/mol. The summed E-state index contributed by atoms with van der Waals surface area (Å²) in [6.07, 6.45) is 0.299. The number of halogens is 2. The number of hydrogen-bond acceptors (Lipinski definition) is 2. The molecule has 3 nitrogen and oxygen atoms in total. The third-order valence-electron chi connectivity index (χ3n) is 2.33. The van der Waals surface area contributed by atoms with Gasteiger partial charge in [0.15, 0.2) is 5.78 Å². The van der Waals surface area contributed by atoms with E-state index in [1.165, 1.54) is 4.90 Å². The van der Waals surface area contributed by atoms with E-state index in [2.05, 4.69) is 0 Å². The van der Waals surface area contributed by atoms with Crippen molar-refractivity contribution in [2.75, 3.05) is 11.4 Å². The van der Waals surface area contributed by atoms with Gasteiger partial charge in [0.2, 0.25) is 0 Å². The van der Waals surface area contributed by atoms with Gasteiger partial charge in [-0.25, -0.2) is 0 Å². The summed E-state index contributed by atoms with van der Waals surface area (Å²) in [6, 6.07) is 4.82. The molecule has 1 aliphatic rings. The zero-order valence-electron chi connectivity index (χ0n) is 7.67. The van der Waals surface area contributed by atoms with E-state index in [1.54, 1.807) is 18.2 Å². The number of Topliss-reactive ketones (excluding diaryl/α,β-unsaturated/α-hetero) is 1. The molecule has 0 fully saturated rings. The number of amides is 1. The first-order valence-electron chi connectivity index (χ1n) is 4.39. The van der Waals surface area contributed by atoms with E-state index < -0.39 is 5.37 Å². The summed E-state index contributed by atoms with van der Waals surface area (Å²) >= 11 is 11.2. The molecule has 0 unspecified atom stereocenters. The van der Waals surface area contributed by atoms with Crippen LogP contribution in [0.5, 0.6) is 0 Å². The molecule has 1 heterocycles. The molecule has 5 heteroatoms. The number of nitrogens with zero attached hydrogens (tertiary/aromatic N) is 1. The summed E-state index contributed by atoms with van der Waals surface area (Å²) in [6.45, 7) is 0.314. The van der Waals surface area contributed by atoms with Crippen LogP contribution in [0.15, 0.2) is 18.2 Å². The maximum Gasteiger partial charge on any atom is 0.320 e. The molecule has 78 valence electrons. The first kappa shape index (κ1) is 10.5. The maximum atomic E-state index is 11.5. The number of fused-ring (bicyclic) bond motifs is 1. The molecule has 0 atom stereocenters. The smallest absolute Gasteiger partial charge is 0.298 e. The van der Waals surface area contributed by atoms with Crippen molar-refractivity contribution in [1.82, 2.24) is 0 Å². The van der Waals surface area contributed by atoms with Crippen LogP contribution in [0, 0.1) is 0 Å². The lowest BCUT2D eigenvalue weighted by molar-refractivity contribution is 0.0981. The minimum atomic E-state index is -0.592. The summed E-state index contributed by atoms with van der Waals surface area (Å²) in [7, 11) is 0. The van der Waals surface area contributed by atoms with Crippen LogP contribution in [-0.4, -0.2) is 17.7 Å². The molecule has 15 heavy (non-hydrogen) atoms. The quantitative estimate of drug-likeness (QED) is 0.519. The third kappa shape index (κ3) is 1.85. The third-order valence-corrected chi connectivity index (χ3v) is 2.76. The van der Waals surface area contributed by atoms with Gasteiger partial charge in [-0.3, -0.25) is 14.5 Å². The fourth-order valence-corrected chi connectivity index (χ4v) is 1.96. The lowest BCUT2D eigenvalue weighted by Gasteiger charge is -2.26. The Morgan fingerprint density at radius 1 is 1.40 bits per heavy atom. The van der Waals surface area contributed by atoms with Crippen molar-refractivity contribution in [3.05, 3.63) is 28.8 Å². The van der Waals surface area contributed by atoms with Gasteiger partial charge in [0.1, 0.15) is 0 Å². The van der Waals surface area contributed by atoms with Gasteiger partial charge in [-0.15, -0.1) is 0 Å². The molecule has 1 aliphatic heterocycles. The molecular formula is C10H7Cl2NO2. The zero-order valence-corrected chi connectivity index (χ0v) is 9.18. The topological polar surface area (TPSA) is 37.4 Å². The standard InChI is InChI=1S/C10H7Cl2NO2/c11-6-1-2-7-8(5-6)13(10(12)15)4-3-9(7)14/h1-2,5H,3-4H2. The molecular weight excluding hydrogens is 237 g/mol. The average molecular weight is 244 g/mol. The maximum absolute atomic E-state index is 11.5. The van der Waals surface area contributed by atoms with Crippen LogP contribution in [0.25, 0.3) is 0 Å². The van der Waals surface area contributed by atoms with E-state index in [-0.39, 0.29) is 5.78 Å². The molecule has 0 radical (unpaired) electrons. The van der Waals surface area contributed by atoms with Crippen LogP contribution in [0.4, 0.5) is 10.5 Å². The molecule has 0 spiro atoms. The van der Waals surface area contributed by atoms with Gasteiger partial charge in [0.25, 0.3) is 0 Å². The van der Waals surface area contributed by atoms with E-state index in [0.29, 0.717) is 29.2 Å². The minimum Gasteiger partial charge on any atom is -0.298 e. The highest BCUT2D eigenvalue weighted by Gasteiger charge is 2.26. The van der Waals surface area contributed by atoms with Gasteiger partial charge in [-0.1, -0.05) is 11.6 Å². The van der Waals surface area contributed by atoms with Gasteiger partial charge in [-0.2, -0.15) is 0 Å².